The first-order valence-electron chi connectivity index (χ1n) is 6.42. The summed E-state index contributed by atoms with van der Waals surface area (Å²) < 4.78 is 0. The summed E-state index contributed by atoms with van der Waals surface area (Å²) in [5.74, 6) is -0.195. The molecule has 20 heavy (non-hydrogen) atoms. The van der Waals surface area contributed by atoms with Crippen molar-refractivity contribution >= 4 is 22.7 Å². The van der Waals surface area contributed by atoms with Crippen molar-refractivity contribution < 1.29 is 9.90 Å². The molecule has 0 aliphatic rings. The topological polar surface area (TPSA) is 77.2 Å². The van der Waals surface area contributed by atoms with Crippen LogP contribution in [-0.2, 0) is 0 Å². The van der Waals surface area contributed by atoms with Crippen LogP contribution in [0.1, 0.15) is 23.7 Å². The van der Waals surface area contributed by atoms with Crippen LogP contribution < -0.4 is 4.90 Å². The van der Waals surface area contributed by atoms with Crippen molar-refractivity contribution in [1.29, 1.82) is 5.26 Å². The highest BCUT2D eigenvalue weighted by molar-refractivity contribution is 6.02. The van der Waals surface area contributed by atoms with Gasteiger partial charge in [0.25, 0.3) is 0 Å². The number of aromatic nitrogens is 1. The van der Waals surface area contributed by atoms with Crippen LogP contribution in [0.15, 0.2) is 30.3 Å². The summed E-state index contributed by atoms with van der Waals surface area (Å²) in [7, 11) is 0. The van der Waals surface area contributed by atoms with Crippen LogP contribution in [0.4, 0.5) is 5.82 Å². The smallest absolute Gasteiger partial charge is 0.336 e. The minimum Gasteiger partial charge on any atom is -0.478 e. The van der Waals surface area contributed by atoms with Crippen molar-refractivity contribution in [3.8, 4) is 6.07 Å². The van der Waals surface area contributed by atoms with Gasteiger partial charge in [0.1, 0.15) is 5.82 Å². The van der Waals surface area contributed by atoms with E-state index in [4.69, 9.17) is 10.4 Å². The fourth-order valence-corrected chi connectivity index (χ4v) is 2.13. The average Bonchev–Trinajstić information content (AvgIpc) is 2.47. The summed E-state index contributed by atoms with van der Waals surface area (Å²) in [6.45, 7) is 3.36. The van der Waals surface area contributed by atoms with Crippen LogP contribution in [0.5, 0.6) is 0 Å². The van der Waals surface area contributed by atoms with E-state index >= 15 is 0 Å². The van der Waals surface area contributed by atoms with Gasteiger partial charge in [0.2, 0.25) is 0 Å². The standard InChI is InChI=1S/C15H15N3O2/c1-2-18(10-4-9-16)14-8-7-11-12(15(19)20)5-3-6-13(11)17-14/h3,5-8H,2,4,10H2,1H3,(H,19,20). The fourth-order valence-electron chi connectivity index (χ4n) is 2.13. The quantitative estimate of drug-likeness (QED) is 0.902. The molecule has 2 rings (SSSR count). The zero-order valence-corrected chi connectivity index (χ0v) is 11.2. The van der Waals surface area contributed by atoms with Crippen LogP contribution in [0.3, 0.4) is 0 Å². The zero-order valence-electron chi connectivity index (χ0n) is 11.2. The molecule has 0 aliphatic heterocycles. The summed E-state index contributed by atoms with van der Waals surface area (Å²) in [6, 6.07) is 10.7. The number of hydrogen-bond donors (Lipinski definition) is 1. The van der Waals surface area contributed by atoms with E-state index in [-0.39, 0.29) is 5.56 Å². The molecule has 2 aromatic rings. The number of rotatable bonds is 5. The zero-order chi connectivity index (χ0) is 14.5. The number of fused-ring (bicyclic) bond motifs is 1. The van der Waals surface area contributed by atoms with Crippen LogP contribution in [0.2, 0.25) is 0 Å². The van der Waals surface area contributed by atoms with Gasteiger partial charge < -0.3 is 10.0 Å². The van der Waals surface area contributed by atoms with Crippen molar-refractivity contribution in [2.45, 2.75) is 13.3 Å². The molecule has 1 N–H and O–H groups in total. The molecule has 1 aromatic carbocycles. The van der Waals surface area contributed by atoms with Gasteiger partial charge in [0.05, 0.1) is 23.6 Å². The Morgan fingerprint density at radius 2 is 2.20 bits per heavy atom. The maximum absolute atomic E-state index is 11.2. The number of anilines is 1. The maximum Gasteiger partial charge on any atom is 0.336 e. The van der Waals surface area contributed by atoms with E-state index < -0.39 is 5.97 Å². The number of nitriles is 1. The second kappa shape index (κ2) is 6.02. The molecule has 0 unspecified atom stereocenters. The molecule has 0 fully saturated rings. The van der Waals surface area contributed by atoms with Crippen molar-refractivity contribution in [2.24, 2.45) is 0 Å². The predicted octanol–water partition coefficient (Wildman–Crippen LogP) is 2.67. The van der Waals surface area contributed by atoms with Gasteiger partial charge in [-0.1, -0.05) is 6.07 Å². The molecule has 0 atom stereocenters. The van der Waals surface area contributed by atoms with E-state index in [1.807, 2.05) is 11.8 Å². The Bertz CT molecular complexity index is 676. The monoisotopic (exact) mass is 269 g/mol. The summed E-state index contributed by atoms with van der Waals surface area (Å²) in [5, 5.41) is 18.4. The van der Waals surface area contributed by atoms with E-state index in [2.05, 4.69) is 11.1 Å². The van der Waals surface area contributed by atoms with Crippen molar-refractivity contribution in [1.82, 2.24) is 4.98 Å². The molecular weight excluding hydrogens is 254 g/mol. The summed E-state index contributed by atoms with van der Waals surface area (Å²) in [6.07, 6.45) is 0.433. The molecule has 5 heteroatoms. The minimum absolute atomic E-state index is 0.252. The molecular formula is C15H15N3O2. The molecule has 0 spiro atoms. The number of carbonyl (C=O) groups is 1. The second-order valence-electron chi connectivity index (χ2n) is 4.33. The highest BCUT2D eigenvalue weighted by atomic mass is 16.4. The number of carboxylic acid groups (broad SMARTS) is 1. The van der Waals surface area contributed by atoms with Gasteiger partial charge >= 0.3 is 5.97 Å². The van der Waals surface area contributed by atoms with E-state index in [1.54, 1.807) is 30.3 Å². The summed E-state index contributed by atoms with van der Waals surface area (Å²) in [4.78, 5) is 17.6. The molecule has 1 aromatic heterocycles. The first kappa shape index (κ1) is 13.8. The Labute approximate surface area is 117 Å². The Morgan fingerprint density at radius 1 is 1.40 bits per heavy atom. The molecule has 0 bridgehead atoms. The normalized spacial score (nSPS) is 10.2. The predicted molar refractivity (Wildman–Crippen MR) is 76.8 cm³/mol. The second-order valence-corrected chi connectivity index (χ2v) is 4.33. The Hall–Kier alpha value is -2.61. The third-order valence-electron chi connectivity index (χ3n) is 3.15. The van der Waals surface area contributed by atoms with E-state index in [0.29, 0.717) is 23.9 Å². The first-order valence-corrected chi connectivity index (χ1v) is 6.42. The van der Waals surface area contributed by atoms with Gasteiger partial charge in [-0.15, -0.1) is 0 Å². The average molecular weight is 269 g/mol. The molecule has 0 saturated carbocycles. The fraction of sp³-hybridized carbons (Fsp3) is 0.267. The van der Waals surface area contributed by atoms with E-state index in [0.717, 1.165) is 12.4 Å². The number of aromatic carboxylic acids is 1. The molecule has 5 nitrogen and oxygen atoms in total. The Balaban J connectivity index is 2.44. The van der Waals surface area contributed by atoms with Gasteiger partial charge in [0, 0.05) is 18.5 Å². The molecule has 0 aliphatic carbocycles. The van der Waals surface area contributed by atoms with Crippen molar-refractivity contribution in [3.63, 3.8) is 0 Å². The minimum atomic E-state index is -0.957. The molecule has 0 saturated heterocycles. The third kappa shape index (κ3) is 2.69. The number of nitrogens with zero attached hydrogens (tertiary/aromatic N) is 3. The number of carboxylic acids is 1. The van der Waals surface area contributed by atoms with Gasteiger partial charge in [-0.25, -0.2) is 9.78 Å². The van der Waals surface area contributed by atoms with Crippen LogP contribution in [0, 0.1) is 11.3 Å². The highest BCUT2D eigenvalue weighted by Crippen LogP contribution is 2.21. The number of hydrogen-bond acceptors (Lipinski definition) is 4. The molecule has 0 amide bonds. The largest absolute Gasteiger partial charge is 0.478 e. The lowest BCUT2D eigenvalue weighted by molar-refractivity contribution is 0.0699. The number of benzene rings is 1. The molecule has 1 heterocycles. The van der Waals surface area contributed by atoms with Crippen molar-refractivity contribution in [3.05, 3.63) is 35.9 Å². The van der Waals surface area contributed by atoms with Gasteiger partial charge in [-0.2, -0.15) is 5.26 Å². The Morgan fingerprint density at radius 3 is 2.85 bits per heavy atom. The molecule has 0 radical (unpaired) electrons. The lowest BCUT2D eigenvalue weighted by Crippen LogP contribution is -2.24. The Kier molecular flexibility index (Phi) is 4.16. The summed E-state index contributed by atoms with van der Waals surface area (Å²) in [5.41, 5.74) is 0.902. The first-order chi connectivity index (χ1) is 9.67. The third-order valence-corrected chi connectivity index (χ3v) is 3.15. The van der Waals surface area contributed by atoms with Crippen LogP contribution in [0.25, 0.3) is 10.9 Å². The highest BCUT2D eigenvalue weighted by Gasteiger charge is 2.11. The lowest BCUT2D eigenvalue weighted by atomic mass is 10.1. The van der Waals surface area contributed by atoms with Gasteiger partial charge in [0.15, 0.2) is 0 Å². The van der Waals surface area contributed by atoms with Gasteiger partial charge in [-0.3, -0.25) is 0 Å². The van der Waals surface area contributed by atoms with Crippen molar-refractivity contribution in [2.75, 3.05) is 18.0 Å². The van der Waals surface area contributed by atoms with Gasteiger partial charge in [-0.05, 0) is 31.2 Å². The van der Waals surface area contributed by atoms with E-state index in [9.17, 15) is 4.79 Å². The maximum atomic E-state index is 11.2. The number of pyridine rings is 1. The van der Waals surface area contributed by atoms with Crippen LogP contribution in [-0.4, -0.2) is 29.1 Å². The lowest BCUT2D eigenvalue weighted by Gasteiger charge is -2.21. The molecule has 102 valence electrons. The van der Waals surface area contributed by atoms with E-state index in [1.165, 1.54) is 0 Å². The SMILES string of the molecule is CCN(CCC#N)c1ccc2c(C(=O)O)cccc2n1. The van der Waals surface area contributed by atoms with Crippen LogP contribution >= 0.6 is 0 Å². The summed E-state index contributed by atoms with van der Waals surface area (Å²) >= 11 is 0.